The molecule has 188 valence electrons. The third-order valence-corrected chi connectivity index (χ3v) is 8.73. The topological polar surface area (TPSA) is 57.6 Å². The van der Waals surface area contributed by atoms with Gasteiger partial charge in [0.25, 0.3) is 0 Å². The summed E-state index contributed by atoms with van der Waals surface area (Å²) < 4.78 is 2.24. The normalized spacial score (nSPS) is 20.8. The number of likely N-dealkylation sites (N-methyl/N-ethyl adjacent to an activating group) is 1. The van der Waals surface area contributed by atoms with E-state index in [0.717, 1.165) is 75.8 Å². The van der Waals surface area contributed by atoms with Gasteiger partial charge in [-0.2, -0.15) is 0 Å². The minimum atomic E-state index is -0.321. The summed E-state index contributed by atoms with van der Waals surface area (Å²) in [7, 11) is 3.65. The number of carbonyl (C=O) groups is 2. The third-order valence-electron chi connectivity index (χ3n) is 8.73. The predicted molar refractivity (Wildman–Crippen MR) is 143 cm³/mol. The van der Waals surface area contributed by atoms with Crippen LogP contribution in [0.2, 0.25) is 0 Å². The van der Waals surface area contributed by atoms with Crippen molar-refractivity contribution in [3.63, 3.8) is 0 Å². The van der Waals surface area contributed by atoms with Gasteiger partial charge in [-0.3, -0.25) is 14.5 Å². The van der Waals surface area contributed by atoms with E-state index in [9.17, 15) is 9.59 Å². The summed E-state index contributed by atoms with van der Waals surface area (Å²) in [6.07, 6.45) is 7.22. The molecule has 36 heavy (non-hydrogen) atoms. The van der Waals surface area contributed by atoms with Crippen LogP contribution < -0.4 is 5.32 Å². The van der Waals surface area contributed by atoms with Gasteiger partial charge in [-0.25, -0.2) is 0 Å². The van der Waals surface area contributed by atoms with Crippen molar-refractivity contribution < 1.29 is 9.59 Å². The van der Waals surface area contributed by atoms with Gasteiger partial charge in [-0.05, 0) is 73.9 Å². The number of aryl methyl sites for hydroxylation is 1. The summed E-state index contributed by atoms with van der Waals surface area (Å²) in [5, 5.41) is 4.47. The van der Waals surface area contributed by atoms with Crippen molar-refractivity contribution in [3.05, 3.63) is 64.8 Å². The Bertz CT molecular complexity index is 1340. The van der Waals surface area contributed by atoms with E-state index in [1.807, 2.05) is 14.1 Å². The number of benzene rings is 2. The summed E-state index contributed by atoms with van der Waals surface area (Å²) in [5.41, 5.74) is 7.23. The number of fused-ring (bicyclic) bond motifs is 3. The maximum Gasteiger partial charge on any atom is 0.242 e. The molecule has 0 spiro atoms. The standard InChI is InChI=1S/C30H36N4O2/c1-32(2)27(35)20-34-25-13-4-3-11-22(25)23-14-18-33(19-26(23)34)17-6-5-15-30-16-8-10-21-9-7-12-24(28(21)30)31-29(30)36/h3-4,7,9,11-13H,5-6,8,10,14-20H2,1-2H3,(H,31,36). The first-order valence-corrected chi connectivity index (χ1v) is 13.4. The van der Waals surface area contributed by atoms with Crippen molar-refractivity contribution in [2.75, 3.05) is 32.5 Å². The molecule has 0 radical (unpaired) electrons. The molecule has 0 fully saturated rings. The second kappa shape index (κ2) is 9.07. The van der Waals surface area contributed by atoms with Gasteiger partial charge in [0.1, 0.15) is 6.54 Å². The first kappa shape index (κ1) is 23.3. The molecule has 6 rings (SSSR count). The number of nitrogens with zero attached hydrogens (tertiary/aromatic N) is 3. The van der Waals surface area contributed by atoms with Crippen LogP contribution in [0.3, 0.4) is 0 Å². The molecule has 2 aliphatic heterocycles. The van der Waals surface area contributed by atoms with E-state index in [1.54, 1.807) is 4.90 Å². The van der Waals surface area contributed by atoms with Crippen LogP contribution in [0.5, 0.6) is 0 Å². The van der Waals surface area contributed by atoms with Crippen LogP contribution in [0.15, 0.2) is 42.5 Å². The molecule has 3 aromatic rings. The molecule has 2 amide bonds. The van der Waals surface area contributed by atoms with Crippen LogP contribution in [0.25, 0.3) is 10.9 Å². The quantitative estimate of drug-likeness (QED) is 0.503. The highest BCUT2D eigenvalue weighted by molar-refractivity contribution is 6.07. The number of nitrogens with one attached hydrogen (secondary N) is 1. The Labute approximate surface area is 213 Å². The number of unbranched alkanes of at least 4 members (excludes halogenated alkanes) is 1. The van der Waals surface area contributed by atoms with Crippen LogP contribution in [0, 0.1) is 0 Å². The van der Waals surface area contributed by atoms with Gasteiger partial charge in [0.2, 0.25) is 11.8 Å². The predicted octanol–water partition coefficient (Wildman–Crippen LogP) is 4.48. The molecule has 2 aromatic carbocycles. The largest absolute Gasteiger partial charge is 0.347 e. The summed E-state index contributed by atoms with van der Waals surface area (Å²) in [6.45, 7) is 3.33. The smallest absolute Gasteiger partial charge is 0.242 e. The Hall–Kier alpha value is -3.12. The van der Waals surface area contributed by atoms with Gasteiger partial charge in [0, 0.05) is 49.5 Å². The van der Waals surface area contributed by atoms with Crippen LogP contribution in [0.1, 0.15) is 54.5 Å². The number of aromatic nitrogens is 1. The lowest BCUT2D eigenvalue weighted by Gasteiger charge is -2.33. The molecule has 1 N–H and O–H groups in total. The molecule has 1 unspecified atom stereocenters. The lowest BCUT2D eigenvalue weighted by atomic mass is 9.68. The van der Waals surface area contributed by atoms with Crippen LogP contribution in [-0.2, 0) is 40.9 Å². The van der Waals surface area contributed by atoms with E-state index in [-0.39, 0.29) is 17.2 Å². The Morgan fingerprint density at radius 3 is 2.81 bits per heavy atom. The molecule has 1 atom stereocenters. The van der Waals surface area contributed by atoms with Crippen molar-refractivity contribution in [1.82, 2.24) is 14.4 Å². The van der Waals surface area contributed by atoms with Gasteiger partial charge < -0.3 is 14.8 Å². The van der Waals surface area contributed by atoms with Gasteiger partial charge in [-0.1, -0.05) is 36.8 Å². The lowest BCUT2D eigenvalue weighted by Crippen LogP contribution is -2.37. The molecule has 3 heterocycles. The van der Waals surface area contributed by atoms with Crippen molar-refractivity contribution in [2.45, 2.75) is 63.5 Å². The summed E-state index contributed by atoms with van der Waals surface area (Å²) >= 11 is 0. The average Bonchev–Trinajstić information content (AvgIpc) is 3.35. The maximum atomic E-state index is 13.1. The zero-order valence-corrected chi connectivity index (χ0v) is 21.5. The van der Waals surface area contributed by atoms with Gasteiger partial charge in [-0.15, -0.1) is 0 Å². The molecule has 6 nitrogen and oxygen atoms in total. The summed E-state index contributed by atoms with van der Waals surface area (Å²) in [4.78, 5) is 29.9. The molecule has 3 aliphatic rings. The van der Waals surface area contributed by atoms with E-state index in [4.69, 9.17) is 0 Å². The number of carbonyl (C=O) groups excluding carboxylic acids is 2. The second-order valence-electron chi connectivity index (χ2n) is 11.0. The van der Waals surface area contributed by atoms with Crippen LogP contribution >= 0.6 is 0 Å². The monoisotopic (exact) mass is 484 g/mol. The fourth-order valence-corrected chi connectivity index (χ4v) is 6.87. The van der Waals surface area contributed by atoms with E-state index < -0.39 is 0 Å². The fraction of sp³-hybridized carbons (Fsp3) is 0.467. The van der Waals surface area contributed by atoms with E-state index in [0.29, 0.717) is 6.54 Å². The first-order valence-electron chi connectivity index (χ1n) is 13.4. The van der Waals surface area contributed by atoms with Crippen molar-refractivity contribution in [3.8, 4) is 0 Å². The van der Waals surface area contributed by atoms with Crippen molar-refractivity contribution in [1.29, 1.82) is 0 Å². The SMILES string of the molecule is CN(C)C(=O)Cn1c2c(c3ccccc31)CCN(CCCCC13CCCc4cccc(c41)NC3=O)C2. The number of rotatable bonds is 7. The Kier molecular flexibility index (Phi) is 5.87. The first-order chi connectivity index (χ1) is 17.5. The minimum absolute atomic E-state index is 0.122. The second-order valence-corrected chi connectivity index (χ2v) is 11.0. The Morgan fingerprint density at radius 2 is 1.94 bits per heavy atom. The molecular formula is C30H36N4O2. The Balaban J connectivity index is 1.15. The molecule has 6 heteroatoms. The number of amides is 2. The van der Waals surface area contributed by atoms with Gasteiger partial charge in [0.15, 0.2) is 0 Å². The molecular weight excluding hydrogens is 448 g/mol. The highest BCUT2D eigenvalue weighted by Crippen LogP contribution is 2.49. The van der Waals surface area contributed by atoms with Crippen LogP contribution in [0.4, 0.5) is 5.69 Å². The van der Waals surface area contributed by atoms with Crippen molar-refractivity contribution >= 4 is 28.4 Å². The average molecular weight is 485 g/mol. The highest BCUT2D eigenvalue weighted by atomic mass is 16.2. The molecule has 0 saturated heterocycles. The molecule has 1 aliphatic carbocycles. The van der Waals surface area contributed by atoms with Gasteiger partial charge in [0.05, 0.1) is 5.41 Å². The van der Waals surface area contributed by atoms with E-state index >= 15 is 0 Å². The number of hydrogen-bond donors (Lipinski definition) is 1. The number of para-hydroxylation sites is 1. The minimum Gasteiger partial charge on any atom is -0.347 e. The van der Waals surface area contributed by atoms with Crippen LogP contribution in [-0.4, -0.2) is 53.4 Å². The zero-order valence-electron chi connectivity index (χ0n) is 21.5. The Morgan fingerprint density at radius 1 is 1.08 bits per heavy atom. The fourth-order valence-electron chi connectivity index (χ4n) is 6.87. The number of hydrogen-bond acceptors (Lipinski definition) is 3. The third kappa shape index (κ3) is 3.74. The zero-order chi connectivity index (χ0) is 24.9. The number of anilines is 1. The van der Waals surface area contributed by atoms with Crippen molar-refractivity contribution in [2.24, 2.45) is 0 Å². The molecule has 0 bridgehead atoms. The molecule has 0 saturated carbocycles. The summed E-state index contributed by atoms with van der Waals surface area (Å²) in [6, 6.07) is 14.8. The molecule has 1 aromatic heterocycles. The highest BCUT2D eigenvalue weighted by Gasteiger charge is 2.48. The van der Waals surface area contributed by atoms with E-state index in [1.165, 1.54) is 27.8 Å². The summed E-state index contributed by atoms with van der Waals surface area (Å²) in [5.74, 6) is 0.333. The lowest BCUT2D eigenvalue weighted by molar-refractivity contribution is -0.129. The van der Waals surface area contributed by atoms with Gasteiger partial charge >= 0.3 is 0 Å². The maximum absolute atomic E-state index is 13.1. The van der Waals surface area contributed by atoms with E-state index in [2.05, 4.69) is 57.2 Å².